The predicted molar refractivity (Wildman–Crippen MR) is 84.1 cm³/mol. The number of ether oxygens (including phenoxy) is 1. The van der Waals surface area contributed by atoms with E-state index in [0.29, 0.717) is 19.0 Å². The molecule has 0 bridgehead atoms. The lowest BCUT2D eigenvalue weighted by molar-refractivity contribution is 0.0551. The van der Waals surface area contributed by atoms with Crippen molar-refractivity contribution in [3.05, 3.63) is 35.7 Å². The first-order chi connectivity index (χ1) is 10.1. The number of benzene rings is 1. The molecule has 0 aliphatic rings. The van der Waals surface area contributed by atoms with E-state index in [2.05, 4.69) is 42.2 Å². The summed E-state index contributed by atoms with van der Waals surface area (Å²) in [6.07, 6.45) is 1.20. The van der Waals surface area contributed by atoms with Crippen molar-refractivity contribution in [2.45, 2.75) is 32.0 Å². The van der Waals surface area contributed by atoms with Gasteiger partial charge in [0.1, 0.15) is 6.33 Å². The van der Waals surface area contributed by atoms with Gasteiger partial charge < -0.3 is 9.84 Å². The van der Waals surface area contributed by atoms with Crippen molar-refractivity contribution >= 4 is 11.8 Å². The van der Waals surface area contributed by atoms with Gasteiger partial charge in [-0.15, -0.1) is 10.2 Å². The summed E-state index contributed by atoms with van der Waals surface area (Å²) in [6, 6.07) is 6.27. The van der Waals surface area contributed by atoms with Crippen LogP contribution in [0.15, 0.2) is 29.7 Å². The lowest BCUT2D eigenvalue weighted by atomic mass is 10.1. The number of hydrogen-bond acceptors (Lipinski definition) is 5. The Hall–Kier alpha value is -1.37. The molecule has 114 valence electrons. The van der Waals surface area contributed by atoms with Crippen LogP contribution in [0.25, 0.3) is 5.69 Å². The molecule has 1 aromatic heterocycles. The zero-order chi connectivity index (χ0) is 15.2. The minimum Gasteiger partial charge on any atom is -0.390 e. The Kier molecular flexibility index (Phi) is 5.78. The van der Waals surface area contributed by atoms with Gasteiger partial charge >= 0.3 is 0 Å². The zero-order valence-electron chi connectivity index (χ0n) is 12.6. The quantitative estimate of drug-likeness (QED) is 0.796. The van der Waals surface area contributed by atoms with Crippen molar-refractivity contribution < 1.29 is 9.84 Å². The van der Waals surface area contributed by atoms with Crippen molar-refractivity contribution in [2.24, 2.45) is 0 Å². The Balaban J connectivity index is 2.08. The second-order valence-electron chi connectivity index (χ2n) is 4.90. The maximum absolute atomic E-state index is 9.83. The summed E-state index contributed by atoms with van der Waals surface area (Å²) in [5.41, 5.74) is 3.46. The van der Waals surface area contributed by atoms with Gasteiger partial charge in [-0.25, -0.2) is 0 Å². The van der Waals surface area contributed by atoms with Crippen LogP contribution < -0.4 is 0 Å². The molecule has 2 rings (SSSR count). The molecule has 0 saturated carbocycles. The third-order valence-corrected chi connectivity index (χ3v) is 4.14. The molecule has 0 radical (unpaired) electrons. The lowest BCUT2D eigenvalue weighted by Gasteiger charge is -2.12. The van der Waals surface area contributed by atoms with Crippen LogP contribution in [0.2, 0.25) is 0 Å². The first kappa shape index (κ1) is 16.0. The van der Waals surface area contributed by atoms with E-state index in [4.69, 9.17) is 4.74 Å². The summed E-state index contributed by atoms with van der Waals surface area (Å²) >= 11 is 1.48. The van der Waals surface area contributed by atoms with Crippen LogP contribution in [0.5, 0.6) is 0 Å². The van der Waals surface area contributed by atoms with Gasteiger partial charge in [0.15, 0.2) is 5.16 Å². The van der Waals surface area contributed by atoms with Crippen LogP contribution in [0.1, 0.15) is 18.1 Å². The number of aryl methyl sites for hydroxylation is 2. The number of aromatic nitrogens is 3. The maximum atomic E-state index is 9.83. The number of rotatable bonds is 7. The third kappa shape index (κ3) is 4.30. The molecular weight excluding hydrogens is 286 g/mol. The summed E-state index contributed by atoms with van der Waals surface area (Å²) in [7, 11) is 0. The van der Waals surface area contributed by atoms with Gasteiger partial charge in [0.25, 0.3) is 0 Å². The first-order valence-corrected chi connectivity index (χ1v) is 7.96. The largest absolute Gasteiger partial charge is 0.390 e. The van der Waals surface area contributed by atoms with Gasteiger partial charge in [0, 0.05) is 12.4 Å². The normalized spacial score (nSPS) is 12.6. The van der Waals surface area contributed by atoms with Crippen LogP contribution in [-0.4, -0.2) is 44.9 Å². The Morgan fingerprint density at radius 1 is 1.38 bits per heavy atom. The van der Waals surface area contributed by atoms with Gasteiger partial charge in [-0.1, -0.05) is 29.5 Å². The Labute approximate surface area is 129 Å². The highest BCUT2D eigenvalue weighted by Gasteiger charge is 2.12. The number of aliphatic hydroxyl groups excluding tert-OH is 1. The smallest absolute Gasteiger partial charge is 0.195 e. The van der Waals surface area contributed by atoms with Crippen molar-refractivity contribution in [1.82, 2.24) is 14.8 Å². The molecule has 0 saturated heterocycles. The van der Waals surface area contributed by atoms with Crippen LogP contribution in [0, 0.1) is 13.8 Å². The van der Waals surface area contributed by atoms with Crippen molar-refractivity contribution in [3.8, 4) is 5.69 Å². The average Bonchev–Trinajstić information content (AvgIpc) is 2.91. The van der Waals surface area contributed by atoms with Gasteiger partial charge in [-0.05, 0) is 32.4 Å². The van der Waals surface area contributed by atoms with E-state index >= 15 is 0 Å². The summed E-state index contributed by atoms with van der Waals surface area (Å²) in [6.45, 7) is 7.02. The van der Waals surface area contributed by atoms with Crippen molar-refractivity contribution in [2.75, 3.05) is 19.0 Å². The SMILES string of the molecule is CCOC[C@@H](O)CSc1nncn1-c1ccc(C)cc1C. The molecule has 1 heterocycles. The van der Waals surface area contributed by atoms with Crippen molar-refractivity contribution in [3.63, 3.8) is 0 Å². The van der Waals surface area contributed by atoms with Gasteiger partial charge in [-0.2, -0.15) is 0 Å². The van der Waals surface area contributed by atoms with E-state index in [1.165, 1.54) is 22.9 Å². The Bertz CT molecular complexity index is 586. The number of thioether (sulfide) groups is 1. The molecule has 1 aromatic carbocycles. The Morgan fingerprint density at radius 2 is 2.19 bits per heavy atom. The molecule has 1 atom stereocenters. The molecule has 0 aliphatic carbocycles. The topological polar surface area (TPSA) is 60.2 Å². The van der Waals surface area contributed by atoms with Crippen LogP contribution >= 0.6 is 11.8 Å². The van der Waals surface area contributed by atoms with E-state index in [1.807, 2.05) is 11.5 Å². The zero-order valence-corrected chi connectivity index (χ0v) is 13.4. The number of aliphatic hydroxyl groups is 1. The second kappa shape index (κ2) is 7.59. The standard InChI is InChI=1S/C15H21N3O2S/c1-4-20-8-13(19)9-21-15-17-16-10-18(15)14-6-5-11(2)7-12(14)3/h5-7,10,13,19H,4,8-9H2,1-3H3/t13-/m1/s1. The molecule has 6 heteroatoms. The van der Waals surface area contributed by atoms with Gasteiger partial charge in [0.05, 0.1) is 18.4 Å². The van der Waals surface area contributed by atoms with E-state index in [0.717, 1.165) is 10.8 Å². The highest BCUT2D eigenvalue weighted by atomic mass is 32.2. The van der Waals surface area contributed by atoms with Crippen LogP contribution in [0.4, 0.5) is 0 Å². The summed E-state index contributed by atoms with van der Waals surface area (Å²) < 4.78 is 7.16. The first-order valence-electron chi connectivity index (χ1n) is 6.98. The molecule has 0 fully saturated rings. The van der Waals surface area contributed by atoms with Gasteiger partial charge in [0.2, 0.25) is 0 Å². The van der Waals surface area contributed by atoms with E-state index in [9.17, 15) is 5.11 Å². The fraction of sp³-hybridized carbons (Fsp3) is 0.467. The molecule has 1 N–H and O–H groups in total. The summed E-state index contributed by atoms with van der Waals surface area (Å²) in [5.74, 6) is 0.531. The third-order valence-electron chi connectivity index (χ3n) is 3.05. The second-order valence-corrected chi connectivity index (χ2v) is 5.88. The van der Waals surface area contributed by atoms with E-state index < -0.39 is 6.10 Å². The molecule has 0 aliphatic heterocycles. The monoisotopic (exact) mass is 307 g/mol. The lowest BCUT2D eigenvalue weighted by Crippen LogP contribution is -2.18. The summed E-state index contributed by atoms with van der Waals surface area (Å²) in [5, 5.41) is 18.7. The predicted octanol–water partition coefficient (Wildman–Crippen LogP) is 2.37. The average molecular weight is 307 g/mol. The highest BCUT2D eigenvalue weighted by molar-refractivity contribution is 7.99. The highest BCUT2D eigenvalue weighted by Crippen LogP contribution is 2.23. The molecule has 0 unspecified atom stereocenters. The van der Waals surface area contributed by atoms with Crippen LogP contribution in [-0.2, 0) is 4.74 Å². The maximum Gasteiger partial charge on any atom is 0.195 e. The summed E-state index contributed by atoms with van der Waals surface area (Å²) in [4.78, 5) is 0. The number of hydrogen-bond donors (Lipinski definition) is 1. The fourth-order valence-electron chi connectivity index (χ4n) is 2.04. The fourth-order valence-corrected chi connectivity index (χ4v) is 2.86. The minimum absolute atomic E-state index is 0.348. The van der Waals surface area contributed by atoms with Crippen molar-refractivity contribution in [1.29, 1.82) is 0 Å². The van der Waals surface area contributed by atoms with Crippen LogP contribution in [0.3, 0.4) is 0 Å². The molecule has 0 amide bonds. The molecule has 5 nitrogen and oxygen atoms in total. The number of nitrogens with zero attached hydrogens (tertiary/aromatic N) is 3. The van der Waals surface area contributed by atoms with Gasteiger partial charge in [-0.3, -0.25) is 4.57 Å². The molecule has 0 spiro atoms. The van der Waals surface area contributed by atoms with E-state index in [1.54, 1.807) is 6.33 Å². The molecule has 2 aromatic rings. The Morgan fingerprint density at radius 3 is 2.90 bits per heavy atom. The molecule has 21 heavy (non-hydrogen) atoms. The van der Waals surface area contributed by atoms with E-state index in [-0.39, 0.29) is 0 Å². The minimum atomic E-state index is -0.501. The molecular formula is C15H21N3O2S.